The number of rotatable bonds is 5. The lowest BCUT2D eigenvalue weighted by Gasteiger charge is -2.19. The summed E-state index contributed by atoms with van der Waals surface area (Å²) < 4.78 is 2.23. The molecule has 0 aliphatic heterocycles. The Balaban J connectivity index is 1.30. The van der Waals surface area contributed by atoms with Crippen molar-refractivity contribution in [3.63, 3.8) is 0 Å². The van der Waals surface area contributed by atoms with Gasteiger partial charge < -0.3 is 0 Å². The molecule has 9 aromatic rings. The van der Waals surface area contributed by atoms with E-state index in [2.05, 4.69) is 161 Å². The summed E-state index contributed by atoms with van der Waals surface area (Å²) in [5.41, 5.74) is 11.4. The van der Waals surface area contributed by atoms with Crippen LogP contribution in [-0.2, 0) is 0 Å². The lowest BCUT2D eigenvalue weighted by molar-refractivity contribution is 1.10. The van der Waals surface area contributed by atoms with Crippen LogP contribution >= 0.6 is 0 Å². The van der Waals surface area contributed by atoms with Crippen LogP contribution in [0.3, 0.4) is 0 Å². The summed E-state index contributed by atoms with van der Waals surface area (Å²) in [5, 5.41) is 4.96. The number of hydrogen-bond donors (Lipinski definition) is 0. The van der Waals surface area contributed by atoms with Crippen LogP contribution in [0.1, 0.15) is 0 Å². The van der Waals surface area contributed by atoms with Gasteiger partial charge in [-0.2, -0.15) is 0 Å². The Labute approximate surface area is 273 Å². The van der Waals surface area contributed by atoms with Crippen molar-refractivity contribution in [2.45, 2.75) is 0 Å². The normalized spacial score (nSPS) is 11.4. The summed E-state index contributed by atoms with van der Waals surface area (Å²) >= 11 is 0. The highest BCUT2D eigenvalue weighted by molar-refractivity contribution is 6.22. The zero-order valence-electron chi connectivity index (χ0n) is 25.6. The fourth-order valence-electron chi connectivity index (χ4n) is 6.97. The number of hydrogen-bond acceptors (Lipinski definition) is 2. The number of fused-ring (bicyclic) bond motifs is 3. The highest BCUT2D eigenvalue weighted by Crippen LogP contribution is 2.45. The zero-order valence-corrected chi connectivity index (χ0v) is 25.6. The van der Waals surface area contributed by atoms with Crippen LogP contribution in [0, 0.1) is 0 Å². The minimum atomic E-state index is 0.877. The summed E-state index contributed by atoms with van der Waals surface area (Å²) in [4.78, 5) is 9.40. The molecule has 0 aliphatic rings. The van der Waals surface area contributed by atoms with E-state index in [1.807, 2.05) is 18.3 Å². The molecule has 0 amide bonds. The largest absolute Gasteiger partial charge is 0.292 e. The first-order valence-corrected chi connectivity index (χ1v) is 15.9. The second-order valence-corrected chi connectivity index (χ2v) is 11.8. The Morgan fingerprint density at radius 3 is 1.70 bits per heavy atom. The number of benzene rings is 7. The predicted molar refractivity (Wildman–Crippen MR) is 196 cm³/mol. The van der Waals surface area contributed by atoms with Crippen LogP contribution in [0.5, 0.6) is 0 Å². The lowest BCUT2D eigenvalue weighted by Crippen LogP contribution is -1.98. The van der Waals surface area contributed by atoms with E-state index in [0.717, 1.165) is 28.1 Å². The molecular weight excluding hydrogens is 571 g/mol. The Kier molecular flexibility index (Phi) is 6.46. The maximum atomic E-state index is 5.02. The molecule has 0 aliphatic carbocycles. The average Bonchev–Trinajstić information content (AvgIpc) is 3.54. The molecule has 0 radical (unpaired) electrons. The minimum absolute atomic E-state index is 0.877. The Hall–Kier alpha value is -6.32. The molecule has 0 saturated heterocycles. The molecule has 2 heterocycles. The summed E-state index contributed by atoms with van der Waals surface area (Å²) in [7, 11) is 0. The zero-order chi connectivity index (χ0) is 31.2. The van der Waals surface area contributed by atoms with E-state index in [9.17, 15) is 0 Å². The Bertz CT molecular complexity index is 2530. The number of para-hydroxylation sites is 2. The van der Waals surface area contributed by atoms with Gasteiger partial charge in [-0.1, -0.05) is 121 Å². The maximum Gasteiger partial charge on any atom is 0.147 e. The summed E-state index contributed by atoms with van der Waals surface area (Å²) in [5.74, 6) is 0.877. The van der Waals surface area contributed by atoms with Gasteiger partial charge in [-0.3, -0.25) is 9.55 Å². The van der Waals surface area contributed by atoms with E-state index in [-0.39, 0.29) is 0 Å². The van der Waals surface area contributed by atoms with Crippen molar-refractivity contribution in [1.29, 1.82) is 0 Å². The molecule has 220 valence electrons. The molecule has 47 heavy (non-hydrogen) atoms. The molecular formula is C44H29N3. The van der Waals surface area contributed by atoms with Gasteiger partial charge in [0.15, 0.2) is 0 Å². The summed E-state index contributed by atoms with van der Waals surface area (Å²) in [6.45, 7) is 0. The van der Waals surface area contributed by atoms with Crippen LogP contribution in [0.25, 0.3) is 83.0 Å². The van der Waals surface area contributed by atoms with Gasteiger partial charge in [-0.15, -0.1) is 0 Å². The molecule has 7 aromatic carbocycles. The molecule has 9 rings (SSSR count). The highest BCUT2D eigenvalue weighted by atomic mass is 15.1. The molecule has 0 bridgehead atoms. The molecule has 0 atom stereocenters. The third kappa shape index (κ3) is 4.60. The number of nitrogens with zero attached hydrogens (tertiary/aromatic N) is 3. The molecule has 0 spiro atoms. The van der Waals surface area contributed by atoms with Gasteiger partial charge in [0, 0.05) is 23.6 Å². The van der Waals surface area contributed by atoms with E-state index in [1.54, 1.807) is 6.20 Å². The SMILES string of the molecule is c1ccc(-c2ccc3c(-c4ccccc4)c4ccccc4c(-c4ccc(-n5c(-c6cccnc6)nc6ccccc65)cc4)c3c2)cc1. The van der Waals surface area contributed by atoms with Gasteiger partial charge in [0.05, 0.1) is 11.0 Å². The quantitative estimate of drug-likeness (QED) is 0.184. The monoisotopic (exact) mass is 599 g/mol. The van der Waals surface area contributed by atoms with Gasteiger partial charge in [-0.05, 0) is 97.4 Å². The summed E-state index contributed by atoms with van der Waals surface area (Å²) in [6, 6.07) is 58.5. The van der Waals surface area contributed by atoms with Gasteiger partial charge in [0.1, 0.15) is 5.82 Å². The molecule has 0 unspecified atom stereocenters. The molecule has 3 nitrogen and oxygen atoms in total. The predicted octanol–water partition coefficient (Wildman–Crippen LogP) is 11.4. The van der Waals surface area contributed by atoms with Crippen molar-refractivity contribution in [2.24, 2.45) is 0 Å². The van der Waals surface area contributed by atoms with Gasteiger partial charge in [0.2, 0.25) is 0 Å². The van der Waals surface area contributed by atoms with Crippen molar-refractivity contribution in [3.8, 4) is 50.5 Å². The van der Waals surface area contributed by atoms with Crippen LogP contribution < -0.4 is 0 Å². The average molecular weight is 600 g/mol. The van der Waals surface area contributed by atoms with Crippen LogP contribution in [0.15, 0.2) is 176 Å². The summed E-state index contributed by atoms with van der Waals surface area (Å²) in [6.07, 6.45) is 3.68. The number of pyridine rings is 1. The Morgan fingerprint density at radius 1 is 0.404 bits per heavy atom. The molecule has 0 N–H and O–H groups in total. The van der Waals surface area contributed by atoms with Crippen molar-refractivity contribution in [2.75, 3.05) is 0 Å². The second-order valence-electron chi connectivity index (χ2n) is 11.8. The molecule has 2 aromatic heterocycles. The fraction of sp³-hybridized carbons (Fsp3) is 0. The van der Waals surface area contributed by atoms with Crippen molar-refractivity contribution in [3.05, 3.63) is 176 Å². The first kappa shape index (κ1) is 27.0. The highest BCUT2D eigenvalue weighted by Gasteiger charge is 2.19. The number of aromatic nitrogens is 3. The third-order valence-electron chi connectivity index (χ3n) is 9.09. The van der Waals surface area contributed by atoms with Gasteiger partial charge in [-0.25, -0.2) is 4.98 Å². The van der Waals surface area contributed by atoms with E-state index >= 15 is 0 Å². The van der Waals surface area contributed by atoms with E-state index in [0.29, 0.717) is 0 Å². The fourth-order valence-corrected chi connectivity index (χ4v) is 6.97. The van der Waals surface area contributed by atoms with Gasteiger partial charge >= 0.3 is 0 Å². The van der Waals surface area contributed by atoms with E-state index in [1.165, 1.54) is 54.9 Å². The molecule has 0 saturated carbocycles. The smallest absolute Gasteiger partial charge is 0.147 e. The van der Waals surface area contributed by atoms with Crippen molar-refractivity contribution in [1.82, 2.24) is 14.5 Å². The standard InChI is InChI=1S/C44H29N3/c1-3-12-30(13-4-1)33-23-26-38-39(28-33)43(37-18-8-7-17-36(37)42(38)31-14-5-2-6-15-31)32-21-24-35(25-22-32)47-41-20-10-9-19-40(41)46-44(47)34-16-11-27-45-29-34/h1-29H. The minimum Gasteiger partial charge on any atom is -0.292 e. The van der Waals surface area contributed by atoms with Crippen molar-refractivity contribution < 1.29 is 0 Å². The number of imidazole rings is 1. The van der Waals surface area contributed by atoms with Crippen LogP contribution in [0.2, 0.25) is 0 Å². The van der Waals surface area contributed by atoms with Crippen LogP contribution in [0.4, 0.5) is 0 Å². The first-order chi connectivity index (χ1) is 23.3. The van der Waals surface area contributed by atoms with Gasteiger partial charge in [0.25, 0.3) is 0 Å². The maximum absolute atomic E-state index is 5.02. The van der Waals surface area contributed by atoms with E-state index < -0.39 is 0 Å². The molecule has 3 heteroatoms. The van der Waals surface area contributed by atoms with E-state index in [4.69, 9.17) is 4.98 Å². The second kappa shape index (κ2) is 11.2. The molecule has 0 fully saturated rings. The Morgan fingerprint density at radius 2 is 0.979 bits per heavy atom. The lowest BCUT2D eigenvalue weighted by atomic mass is 9.85. The van der Waals surface area contributed by atoms with Crippen LogP contribution in [-0.4, -0.2) is 14.5 Å². The van der Waals surface area contributed by atoms with Crippen molar-refractivity contribution >= 4 is 32.6 Å². The third-order valence-corrected chi connectivity index (χ3v) is 9.09. The topological polar surface area (TPSA) is 30.7 Å². The first-order valence-electron chi connectivity index (χ1n) is 15.9.